The Morgan fingerprint density at radius 2 is 2.00 bits per heavy atom. The van der Waals surface area contributed by atoms with Gasteiger partial charge in [0.05, 0.1) is 5.41 Å². The Morgan fingerprint density at radius 1 is 1.38 bits per heavy atom. The maximum atomic E-state index is 10.9. The first kappa shape index (κ1) is 9.38. The van der Waals surface area contributed by atoms with E-state index in [-0.39, 0.29) is 5.41 Å². The minimum absolute atomic E-state index is 0.312. The predicted molar refractivity (Wildman–Crippen MR) is 54.0 cm³/mol. The molecule has 2 fully saturated rings. The van der Waals surface area contributed by atoms with Gasteiger partial charge in [-0.05, 0) is 25.7 Å². The van der Waals surface area contributed by atoms with Crippen LogP contribution >= 0.6 is 11.8 Å². The van der Waals surface area contributed by atoms with Crippen LogP contribution in [-0.2, 0) is 4.79 Å². The predicted octanol–water partition coefficient (Wildman–Crippen LogP) is 2.53. The fourth-order valence-electron chi connectivity index (χ4n) is 1.90. The second-order valence-electron chi connectivity index (χ2n) is 4.30. The average Bonchev–Trinajstić information content (AvgIpc) is 2.73. The number of carbonyl (C=O) groups is 1. The minimum atomic E-state index is -0.571. The molecule has 0 aromatic heterocycles. The Bertz CT molecular complexity index is 205. The van der Waals surface area contributed by atoms with Crippen LogP contribution in [0, 0.1) is 5.41 Å². The standard InChI is InChI=1S/C10H16O2S/c11-9(12)10(5-6-10)7-13-8-3-1-2-4-8/h8H,1-7H2,(H,11,12). The van der Waals surface area contributed by atoms with Crippen LogP contribution in [-0.4, -0.2) is 22.1 Å². The summed E-state index contributed by atoms with van der Waals surface area (Å²) in [5, 5.41) is 9.73. The van der Waals surface area contributed by atoms with Crippen molar-refractivity contribution in [3.05, 3.63) is 0 Å². The molecule has 2 rings (SSSR count). The summed E-state index contributed by atoms with van der Waals surface area (Å²) >= 11 is 1.90. The molecule has 3 heteroatoms. The fraction of sp³-hybridized carbons (Fsp3) is 0.900. The van der Waals surface area contributed by atoms with Gasteiger partial charge < -0.3 is 5.11 Å². The lowest BCUT2D eigenvalue weighted by atomic mass is 10.1. The second-order valence-corrected chi connectivity index (χ2v) is 5.59. The normalized spacial score (nSPS) is 26.2. The summed E-state index contributed by atoms with van der Waals surface area (Å²) in [7, 11) is 0. The van der Waals surface area contributed by atoms with Gasteiger partial charge in [0.1, 0.15) is 0 Å². The van der Waals surface area contributed by atoms with Crippen molar-refractivity contribution in [3.63, 3.8) is 0 Å². The third-order valence-electron chi connectivity index (χ3n) is 3.20. The van der Waals surface area contributed by atoms with Gasteiger partial charge in [-0.2, -0.15) is 11.8 Å². The van der Waals surface area contributed by atoms with Gasteiger partial charge in [0.25, 0.3) is 0 Å². The monoisotopic (exact) mass is 200 g/mol. The fourth-order valence-corrected chi connectivity index (χ4v) is 3.54. The number of aliphatic carboxylic acids is 1. The van der Waals surface area contributed by atoms with E-state index in [1.165, 1.54) is 25.7 Å². The van der Waals surface area contributed by atoms with Crippen molar-refractivity contribution in [2.24, 2.45) is 5.41 Å². The zero-order valence-electron chi connectivity index (χ0n) is 7.79. The van der Waals surface area contributed by atoms with Crippen LogP contribution in [0.2, 0.25) is 0 Å². The number of hydrogen-bond acceptors (Lipinski definition) is 2. The van der Waals surface area contributed by atoms with Gasteiger partial charge in [-0.1, -0.05) is 12.8 Å². The molecule has 1 N–H and O–H groups in total. The van der Waals surface area contributed by atoms with E-state index in [0.29, 0.717) is 0 Å². The summed E-state index contributed by atoms with van der Waals surface area (Å²) in [6.45, 7) is 0. The largest absolute Gasteiger partial charge is 0.481 e. The maximum Gasteiger partial charge on any atom is 0.310 e. The highest BCUT2D eigenvalue weighted by Gasteiger charge is 2.50. The molecule has 0 amide bonds. The summed E-state index contributed by atoms with van der Waals surface area (Å²) in [4.78, 5) is 10.9. The zero-order chi connectivity index (χ0) is 9.31. The first-order valence-electron chi connectivity index (χ1n) is 5.08. The Kier molecular flexibility index (Phi) is 2.54. The molecule has 0 bridgehead atoms. The molecular weight excluding hydrogens is 184 g/mol. The summed E-state index contributed by atoms with van der Waals surface area (Å²) in [5.74, 6) is 0.283. The molecule has 2 aliphatic carbocycles. The molecular formula is C10H16O2S. The molecule has 0 unspecified atom stereocenters. The van der Waals surface area contributed by atoms with Crippen LogP contribution < -0.4 is 0 Å². The van der Waals surface area contributed by atoms with E-state index >= 15 is 0 Å². The zero-order valence-corrected chi connectivity index (χ0v) is 8.61. The molecule has 0 spiro atoms. The molecule has 2 nitrogen and oxygen atoms in total. The third-order valence-corrected chi connectivity index (χ3v) is 4.87. The van der Waals surface area contributed by atoms with E-state index in [2.05, 4.69) is 0 Å². The van der Waals surface area contributed by atoms with Crippen molar-refractivity contribution in [2.45, 2.75) is 43.8 Å². The molecule has 2 saturated carbocycles. The van der Waals surface area contributed by atoms with Gasteiger partial charge in [-0.25, -0.2) is 0 Å². The Balaban J connectivity index is 1.75. The quantitative estimate of drug-likeness (QED) is 0.757. The number of thioether (sulfide) groups is 1. The topological polar surface area (TPSA) is 37.3 Å². The Hall–Kier alpha value is -0.180. The van der Waals surface area contributed by atoms with Crippen molar-refractivity contribution >= 4 is 17.7 Å². The van der Waals surface area contributed by atoms with Gasteiger partial charge in [0, 0.05) is 11.0 Å². The molecule has 0 aromatic rings. The van der Waals surface area contributed by atoms with Gasteiger partial charge in [0.15, 0.2) is 0 Å². The highest BCUT2D eigenvalue weighted by atomic mass is 32.2. The van der Waals surface area contributed by atoms with E-state index in [1.54, 1.807) is 0 Å². The lowest BCUT2D eigenvalue weighted by molar-refractivity contribution is -0.142. The number of hydrogen-bond donors (Lipinski definition) is 1. The van der Waals surface area contributed by atoms with E-state index < -0.39 is 5.97 Å². The van der Waals surface area contributed by atoms with Crippen LogP contribution in [0.25, 0.3) is 0 Å². The molecule has 0 atom stereocenters. The number of carboxylic acids is 1. The highest BCUT2D eigenvalue weighted by molar-refractivity contribution is 8.00. The molecule has 13 heavy (non-hydrogen) atoms. The summed E-state index contributed by atoms with van der Waals surface area (Å²) in [6, 6.07) is 0. The molecule has 74 valence electrons. The molecule has 0 heterocycles. The molecule has 2 aliphatic rings. The second kappa shape index (κ2) is 3.52. The third kappa shape index (κ3) is 2.01. The van der Waals surface area contributed by atoms with Crippen molar-refractivity contribution in [2.75, 3.05) is 5.75 Å². The van der Waals surface area contributed by atoms with Crippen LogP contribution in [0.4, 0.5) is 0 Å². The Morgan fingerprint density at radius 3 is 2.46 bits per heavy atom. The molecule has 0 saturated heterocycles. The number of carboxylic acid groups (broad SMARTS) is 1. The summed E-state index contributed by atoms with van der Waals surface area (Å²) in [5.41, 5.74) is -0.312. The molecule has 0 aromatic carbocycles. The summed E-state index contributed by atoms with van der Waals surface area (Å²) in [6.07, 6.45) is 7.11. The van der Waals surface area contributed by atoms with Crippen molar-refractivity contribution < 1.29 is 9.90 Å². The van der Waals surface area contributed by atoms with E-state index in [0.717, 1.165) is 23.8 Å². The van der Waals surface area contributed by atoms with Crippen LogP contribution in [0.5, 0.6) is 0 Å². The SMILES string of the molecule is O=C(O)C1(CSC2CCCC2)CC1. The lowest BCUT2D eigenvalue weighted by Gasteiger charge is -2.12. The van der Waals surface area contributed by atoms with Crippen molar-refractivity contribution in [3.8, 4) is 0 Å². The van der Waals surface area contributed by atoms with Crippen molar-refractivity contribution in [1.82, 2.24) is 0 Å². The first-order valence-corrected chi connectivity index (χ1v) is 6.13. The van der Waals surface area contributed by atoms with E-state index in [1.807, 2.05) is 11.8 Å². The van der Waals surface area contributed by atoms with Gasteiger partial charge in [-0.15, -0.1) is 0 Å². The van der Waals surface area contributed by atoms with Gasteiger partial charge in [0.2, 0.25) is 0 Å². The summed E-state index contributed by atoms with van der Waals surface area (Å²) < 4.78 is 0. The molecule has 0 radical (unpaired) electrons. The van der Waals surface area contributed by atoms with E-state index in [4.69, 9.17) is 5.11 Å². The molecule has 0 aliphatic heterocycles. The smallest absolute Gasteiger partial charge is 0.310 e. The lowest BCUT2D eigenvalue weighted by Crippen LogP contribution is -2.18. The maximum absolute atomic E-state index is 10.9. The van der Waals surface area contributed by atoms with Crippen LogP contribution in [0.1, 0.15) is 38.5 Å². The average molecular weight is 200 g/mol. The van der Waals surface area contributed by atoms with Gasteiger partial charge in [-0.3, -0.25) is 4.79 Å². The highest BCUT2D eigenvalue weighted by Crippen LogP contribution is 2.49. The number of rotatable bonds is 4. The van der Waals surface area contributed by atoms with Crippen molar-refractivity contribution in [1.29, 1.82) is 0 Å². The first-order chi connectivity index (χ1) is 6.23. The Labute approximate surface area is 83.1 Å². The van der Waals surface area contributed by atoms with Crippen LogP contribution in [0.15, 0.2) is 0 Å². The minimum Gasteiger partial charge on any atom is -0.481 e. The van der Waals surface area contributed by atoms with Crippen LogP contribution in [0.3, 0.4) is 0 Å². The van der Waals surface area contributed by atoms with Gasteiger partial charge >= 0.3 is 5.97 Å². The van der Waals surface area contributed by atoms with E-state index in [9.17, 15) is 4.79 Å².